The predicted octanol–water partition coefficient (Wildman–Crippen LogP) is 5.40. The van der Waals surface area contributed by atoms with E-state index < -0.39 is 23.4 Å². The highest BCUT2D eigenvalue weighted by atomic mass is 127. The van der Waals surface area contributed by atoms with Gasteiger partial charge in [-0.25, -0.2) is 0 Å². The number of aromatic amines is 1. The lowest BCUT2D eigenvalue weighted by molar-refractivity contribution is -0.137. The van der Waals surface area contributed by atoms with Crippen molar-refractivity contribution in [2.75, 3.05) is 22.8 Å². The highest BCUT2D eigenvalue weighted by Gasteiger charge is 2.30. The van der Waals surface area contributed by atoms with Crippen LogP contribution < -0.4 is 10.6 Å². The van der Waals surface area contributed by atoms with Crippen LogP contribution in [-0.4, -0.2) is 34.2 Å². The Morgan fingerprint density at radius 2 is 1.76 bits per heavy atom. The van der Waals surface area contributed by atoms with Crippen LogP contribution in [0, 0.1) is 6.92 Å². The summed E-state index contributed by atoms with van der Waals surface area (Å²) in [6, 6.07) is 14.4. The standard InChI is InChI=1S/C24H23F3IN3O2/c1-15-20(19(10-11-28)21(31-15)16-6-3-2-4-7-16)22(32)23(33)30-13-12-29-18-9-5-8-17(14-18)24(25,26)27/h2-9,14,29,31H,10-13H2,1H3,(H,30,33). The van der Waals surface area contributed by atoms with E-state index in [-0.39, 0.29) is 18.8 Å². The van der Waals surface area contributed by atoms with Gasteiger partial charge in [-0.3, -0.25) is 9.59 Å². The van der Waals surface area contributed by atoms with Crippen molar-refractivity contribution in [1.29, 1.82) is 0 Å². The first-order chi connectivity index (χ1) is 15.7. The Morgan fingerprint density at radius 3 is 2.42 bits per heavy atom. The van der Waals surface area contributed by atoms with Crippen LogP contribution in [0.4, 0.5) is 18.9 Å². The van der Waals surface area contributed by atoms with Gasteiger partial charge in [0, 0.05) is 34.6 Å². The topological polar surface area (TPSA) is 74.0 Å². The van der Waals surface area contributed by atoms with Crippen molar-refractivity contribution in [2.45, 2.75) is 19.5 Å². The number of carbonyl (C=O) groups excluding carboxylic acids is 2. The Kier molecular flexibility index (Phi) is 8.17. The molecule has 0 atom stereocenters. The number of amides is 1. The summed E-state index contributed by atoms with van der Waals surface area (Å²) in [4.78, 5) is 28.7. The third kappa shape index (κ3) is 6.16. The molecule has 9 heteroatoms. The normalized spacial score (nSPS) is 11.3. The molecule has 0 fully saturated rings. The second kappa shape index (κ2) is 10.9. The smallest absolute Gasteiger partial charge is 0.383 e. The van der Waals surface area contributed by atoms with Crippen molar-refractivity contribution in [3.8, 4) is 11.3 Å². The van der Waals surface area contributed by atoms with Crippen LogP contribution in [0.3, 0.4) is 0 Å². The molecule has 0 bridgehead atoms. The summed E-state index contributed by atoms with van der Waals surface area (Å²) in [5.74, 6) is -1.39. The monoisotopic (exact) mass is 569 g/mol. The summed E-state index contributed by atoms with van der Waals surface area (Å²) in [5.41, 5.74) is 3.08. The third-order valence-corrected chi connectivity index (χ3v) is 5.60. The number of aromatic nitrogens is 1. The SMILES string of the molecule is Cc1[nH]c(-c2ccccc2)c(CCI)c1C(=O)C(=O)NCCNc1cccc(C(F)(F)F)c1. The zero-order valence-corrected chi connectivity index (χ0v) is 20.0. The Hall–Kier alpha value is -2.82. The average Bonchev–Trinajstić information content (AvgIpc) is 3.12. The summed E-state index contributed by atoms with van der Waals surface area (Å²) in [7, 11) is 0. The molecule has 3 N–H and O–H groups in total. The van der Waals surface area contributed by atoms with Gasteiger partial charge in [0.05, 0.1) is 11.1 Å². The van der Waals surface area contributed by atoms with Crippen LogP contribution >= 0.6 is 22.6 Å². The summed E-state index contributed by atoms with van der Waals surface area (Å²) < 4.78 is 39.2. The highest BCUT2D eigenvalue weighted by molar-refractivity contribution is 14.1. The van der Waals surface area contributed by atoms with E-state index in [4.69, 9.17) is 0 Å². The van der Waals surface area contributed by atoms with Crippen molar-refractivity contribution in [2.24, 2.45) is 0 Å². The van der Waals surface area contributed by atoms with Gasteiger partial charge >= 0.3 is 6.18 Å². The first-order valence-corrected chi connectivity index (χ1v) is 11.8. The van der Waals surface area contributed by atoms with Crippen molar-refractivity contribution < 1.29 is 22.8 Å². The maximum Gasteiger partial charge on any atom is 0.416 e. The molecule has 5 nitrogen and oxygen atoms in total. The van der Waals surface area contributed by atoms with Gasteiger partial charge in [-0.05, 0) is 42.7 Å². The van der Waals surface area contributed by atoms with E-state index in [0.717, 1.165) is 33.4 Å². The molecule has 0 aliphatic rings. The van der Waals surface area contributed by atoms with Gasteiger partial charge in [-0.15, -0.1) is 0 Å². The molecule has 1 amide bonds. The van der Waals surface area contributed by atoms with Crippen LogP contribution in [0.25, 0.3) is 11.3 Å². The van der Waals surface area contributed by atoms with Gasteiger partial charge < -0.3 is 15.6 Å². The quantitative estimate of drug-likeness (QED) is 0.106. The maximum absolute atomic E-state index is 12.9. The number of nitrogens with one attached hydrogen (secondary N) is 3. The molecule has 0 radical (unpaired) electrons. The number of benzene rings is 2. The molecule has 174 valence electrons. The number of hydrogen-bond acceptors (Lipinski definition) is 3. The molecule has 0 spiro atoms. The average molecular weight is 569 g/mol. The molecule has 33 heavy (non-hydrogen) atoms. The molecule has 1 heterocycles. The van der Waals surface area contributed by atoms with Crippen molar-refractivity contribution in [3.05, 3.63) is 77.0 Å². The molecule has 3 rings (SSSR count). The number of rotatable bonds is 9. The molecule has 0 saturated heterocycles. The van der Waals surface area contributed by atoms with E-state index in [2.05, 4.69) is 38.2 Å². The molecule has 0 saturated carbocycles. The molecule has 0 aliphatic heterocycles. The maximum atomic E-state index is 12.9. The van der Waals surface area contributed by atoms with Crippen LogP contribution in [0.15, 0.2) is 54.6 Å². The summed E-state index contributed by atoms with van der Waals surface area (Å²) >= 11 is 2.23. The summed E-state index contributed by atoms with van der Waals surface area (Å²) in [6.07, 6.45) is -3.80. The highest BCUT2D eigenvalue weighted by Crippen LogP contribution is 2.31. The number of halogens is 4. The third-order valence-electron chi connectivity index (χ3n) is 5.06. The first kappa shape index (κ1) is 24.8. The second-order valence-corrected chi connectivity index (χ2v) is 8.45. The predicted molar refractivity (Wildman–Crippen MR) is 131 cm³/mol. The largest absolute Gasteiger partial charge is 0.416 e. The number of ketones is 1. The van der Waals surface area contributed by atoms with E-state index in [1.807, 2.05) is 30.3 Å². The molecule has 1 aromatic heterocycles. The zero-order valence-electron chi connectivity index (χ0n) is 17.9. The second-order valence-electron chi connectivity index (χ2n) is 7.37. The Bertz CT molecular complexity index is 1130. The molecule has 3 aromatic rings. The van der Waals surface area contributed by atoms with Gasteiger partial charge in [-0.2, -0.15) is 13.2 Å². The Labute approximate surface area is 203 Å². The van der Waals surface area contributed by atoms with Gasteiger partial charge in [0.25, 0.3) is 11.7 Å². The minimum absolute atomic E-state index is 0.0808. The Morgan fingerprint density at radius 1 is 1.03 bits per heavy atom. The minimum Gasteiger partial charge on any atom is -0.383 e. The first-order valence-electron chi connectivity index (χ1n) is 10.3. The van der Waals surface area contributed by atoms with Crippen molar-refractivity contribution >= 4 is 40.0 Å². The lowest BCUT2D eigenvalue weighted by Gasteiger charge is -2.11. The summed E-state index contributed by atoms with van der Waals surface area (Å²) in [6.45, 7) is 2.01. The van der Waals surface area contributed by atoms with E-state index in [9.17, 15) is 22.8 Å². The van der Waals surface area contributed by atoms with Gasteiger partial charge in [0.2, 0.25) is 0 Å². The molecular formula is C24H23F3IN3O2. The van der Waals surface area contributed by atoms with E-state index in [1.165, 1.54) is 12.1 Å². The number of H-pyrrole nitrogens is 1. The number of hydrogen-bond donors (Lipinski definition) is 3. The fraction of sp³-hybridized carbons (Fsp3) is 0.250. The number of alkyl halides is 4. The van der Waals surface area contributed by atoms with Crippen molar-refractivity contribution in [1.82, 2.24) is 10.3 Å². The van der Waals surface area contributed by atoms with Crippen molar-refractivity contribution in [3.63, 3.8) is 0 Å². The molecular weight excluding hydrogens is 546 g/mol. The van der Waals surface area contributed by atoms with Crippen LogP contribution in [0.1, 0.15) is 27.2 Å². The molecule has 0 aliphatic carbocycles. The van der Waals surface area contributed by atoms with Gasteiger partial charge in [-0.1, -0.05) is 59.0 Å². The van der Waals surface area contributed by atoms with Crippen LogP contribution in [-0.2, 0) is 17.4 Å². The number of aryl methyl sites for hydroxylation is 1. The lowest BCUT2D eigenvalue weighted by atomic mass is 9.99. The van der Waals surface area contributed by atoms with E-state index in [1.54, 1.807) is 6.92 Å². The number of carbonyl (C=O) groups is 2. The zero-order chi connectivity index (χ0) is 24.0. The fourth-order valence-electron chi connectivity index (χ4n) is 3.56. The van der Waals surface area contributed by atoms with E-state index in [0.29, 0.717) is 17.7 Å². The minimum atomic E-state index is -4.43. The Balaban J connectivity index is 1.66. The van der Waals surface area contributed by atoms with E-state index >= 15 is 0 Å². The van der Waals surface area contributed by atoms with Gasteiger partial charge in [0.15, 0.2) is 0 Å². The lowest BCUT2D eigenvalue weighted by Crippen LogP contribution is -2.35. The fourth-order valence-corrected chi connectivity index (χ4v) is 4.10. The molecule has 0 unspecified atom stereocenters. The number of anilines is 1. The summed E-state index contributed by atoms with van der Waals surface area (Å²) in [5, 5.41) is 5.38. The molecule has 2 aromatic carbocycles. The van der Waals surface area contributed by atoms with Gasteiger partial charge in [0.1, 0.15) is 0 Å². The number of Topliss-reactive ketones (excluding diaryl/α,β-unsaturated/α-hetero) is 1. The van der Waals surface area contributed by atoms with Crippen LogP contribution in [0.2, 0.25) is 0 Å². The van der Waals surface area contributed by atoms with Crippen LogP contribution in [0.5, 0.6) is 0 Å².